The van der Waals surface area contributed by atoms with Crippen molar-refractivity contribution in [3.63, 3.8) is 0 Å². The quantitative estimate of drug-likeness (QED) is 0.827. The second-order valence-corrected chi connectivity index (χ2v) is 7.44. The molecule has 8 nitrogen and oxygen atoms in total. The van der Waals surface area contributed by atoms with Crippen molar-refractivity contribution in [2.24, 2.45) is 0 Å². The lowest BCUT2D eigenvalue weighted by molar-refractivity contribution is -0.148. The molecule has 0 radical (unpaired) electrons. The summed E-state index contributed by atoms with van der Waals surface area (Å²) in [4.78, 5) is 25.8. The first-order chi connectivity index (χ1) is 11.4. The van der Waals surface area contributed by atoms with Crippen LogP contribution in [0.3, 0.4) is 0 Å². The molecule has 3 rings (SSSR count). The molecule has 1 fully saturated rings. The van der Waals surface area contributed by atoms with Gasteiger partial charge >= 0.3 is 11.7 Å². The van der Waals surface area contributed by atoms with Crippen LogP contribution in [0.5, 0.6) is 0 Å². The number of ether oxygens (including phenoxy) is 1. The maximum atomic E-state index is 12.9. The van der Waals surface area contributed by atoms with Crippen LogP contribution in [-0.4, -0.2) is 42.9 Å². The highest BCUT2D eigenvalue weighted by Gasteiger charge is 2.38. The van der Waals surface area contributed by atoms with Gasteiger partial charge in [-0.3, -0.25) is 9.78 Å². The van der Waals surface area contributed by atoms with E-state index < -0.39 is 27.8 Å². The lowest BCUT2D eigenvalue weighted by Crippen LogP contribution is -2.48. The highest BCUT2D eigenvalue weighted by Crippen LogP contribution is 2.27. The molecule has 0 amide bonds. The number of aromatic nitrogens is 1. The van der Waals surface area contributed by atoms with Crippen LogP contribution in [0.25, 0.3) is 11.1 Å². The van der Waals surface area contributed by atoms with E-state index in [0.717, 1.165) is 6.42 Å². The van der Waals surface area contributed by atoms with Crippen molar-refractivity contribution in [2.45, 2.75) is 37.1 Å². The fraction of sp³-hybridized carbons (Fsp3) is 0.467. The topological polar surface area (TPSA) is 110 Å². The van der Waals surface area contributed by atoms with Gasteiger partial charge in [-0.15, -0.1) is 0 Å². The highest BCUT2D eigenvalue weighted by atomic mass is 32.2. The van der Waals surface area contributed by atoms with Crippen molar-refractivity contribution in [3.8, 4) is 0 Å². The fourth-order valence-electron chi connectivity index (χ4n) is 2.89. The second kappa shape index (κ2) is 6.40. The maximum Gasteiger partial charge on any atom is 0.417 e. The number of carbonyl (C=O) groups is 1. The Morgan fingerprint density at radius 3 is 2.96 bits per heavy atom. The molecule has 1 aromatic heterocycles. The van der Waals surface area contributed by atoms with Gasteiger partial charge in [0.05, 0.1) is 17.0 Å². The van der Waals surface area contributed by atoms with Gasteiger partial charge in [0.1, 0.15) is 6.04 Å². The Labute approximate surface area is 138 Å². The number of hydrogen-bond acceptors (Lipinski definition) is 6. The molecule has 1 aromatic carbocycles. The average molecular weight is 354 g/mol. The third-order valence-corrected chi connectivity index (χ3v) is 5.92. The molecule has 1 saturated heterocycles. The summed E-state index contributed by atoms with van der Waals surface area (Å²) < 4.78 is 37.0. The maximum absolute atomic E-state index is 12.9. The molecule has 1 atom stereocenters. The van der Waals surface area contributed by atoms with E-state index in [-0.39, 0.29) is 23.6 Å². The van der Waals surface area contributed by atoms with Crippen LogP contribution in [-0.2, 0) is 19.6 Å². The van der Waals surface area contributed by atoms with E-state index in [9.17, 15) is 18.0 Å². The lowest BCUT2D eigenvalue weighted by atomic mass is 10.1. The molecule has 2 aromatic rings. The molecule has 0 spiro atoms. The third kappa shape index (κ3) is 2.96. The summed E-state index contributed by atoms with van der Waals surface area (Å²) in [5.41, 5.74) is 0.574. The van der Waals surface area contributed by atoms with Crippen molar-refractivity contribution in [1.82, 2.24) is 9.29 Å². The molecule has 1 aliphatic heterocycles. The van der Waals surface area contributed by atoms with Crippen molar-refractivity contribution in [3.05, 3.63) is 28.7 Å². The first-order valence-electron chi connectivity index (χ1n) is 7.75. The number of nitrogens with one attached hydrogen (secondary N) is 1. The summed E-state index contributed by atoms with van der Waals surface area (Å²) in [5, 5.41) is 0. The van der Waals surface area contributed by atoms with Gasteiger partial charge in [-0.05, 0) is 38.3 Å². The molecule has 2 heterocycles. The van der Waals surface area contributed by atoms with Crippen molar-refractivity contribution < 1.29 is 22.4 Å². The van der Waals surface area contributed by atoms with Crippen molar-refractivity contribution >= 4 is 27.1 Å². The van der Waals surface area contributed by atoms with E-state index in [2.05, 4.69) is 4.98 Å². The summed E-state index contributed by atoms with van der Waals surface area (Å²) in [6, 6.07) is 3.33. The number of benzene rings is 1. The monoisotopic (exact) mass is 354 g/mol. The van der Waals surface area contributed by atoms with E-state index >= 15 is 0 Å². The van der Waals surface area contributed by atoms with Gasteiger partial charge in [0, 0.05) is 12.6 Å². The van der Waals surface area contributed by atoms with E-state index in [0.29, 0.717) is 18.4 Å². The molecule has 0 saturated carbocycles. The predicted octanol–water partition coefficient (Wildman–Crippen LogP) is 1.23. The van der Waals surface area contributed by atoms with Crippen LogP contribution >= 0.6 is 0 Å². The number of rotatable bonds is 4. The predicted molar refractivity (Wildman–Crippen MR) is 85.0 cm³/mol. The first-order valence-corrected chi connectivity index (χ1v) is 9.19. The zero-order valence-electron chi connectivity index (χ0n) is 13.1. The third-order valence-electron chi connectivity index (χ3n) is 4.01. The standard InChI is InChI=1S/C15H18N2O6S/c1-2-22-14(18)12-5-3-4-8-17(12)24(20,21)10-6-7-11-13(9-10)23-15(19)16-11/h6-7,9,12H,2-5,8H2,1H3,(H,16,19)/t12-/m0/s1. The smallest absolute Gasteiger partial charge is 0.417 e. The van der Waals surface area contributed by atoms with E-state index in [1.54, 1.807) is 6.92 Å². The molecule has 1 N–H and O–H groups in total. The largest absolute Gasteiger partial charge is 0.465 e. The number of nitrogens with zero attached hydrogens (tertiary/aromatic N) is 1. The Balaban J connectivity index is 1.99. The number of carbonyl (C=O) groups excluding carboxylic acids is 1. The Kier molecular flexibility index (Phi) is 4.46. The molecule has 1 aliphatic rings. The molecular formula is C15H18N2O6S. The van der Waals surface area contributed by atoms with Gasteiger partial charge in [0.25, 0.3) is 0 Å². The van der Waals surface area contributed by atoms with Crippen LogP contribution in [0.4, 0.5) is 0 Å². The van der Waals surface area contributed by atoms with E-state index in [4.69, 9.17) is 9.15 Å². The first kappa shape index (κ1) is 16.7. The zero-order valence-corrected chi connectivity index (χ0v) is 14.0. The minimum Gasteiger partial charge on any atom is -0.465 e. The number of esters is 1. The van der Waals surface area contributed by atoms with Crippen molar-refractivity contribution in [2.75, 3.05) is 13.2 Å². The second-order valence-electron chi connectivity index (χ2n) is 5.55. The van der Waals surface area contributed by atoms with Gasteiger partial charge in [-0.1, -0.05) is 0 Å². The molecule has 24 heavy (non-hydrogen) atoms. The van der Waals surface area contributed by atoms with Crippen molar-refractivity contribution in [1.29, 1.82) is 0 Å². The molecular weight excluding hydrogens is 336 g/mol. The van der Waals surface area contributed by atoms with E-state index in [1.807, 2.05) is 0 Å². The Morgan fingerprint density at radius 2 is 2.21 bits per heavy atom. The van der Waals surface area contributed by atoms with Crippen LogP contribution < -0.4 is 5.76 Å². The Hall–Kier alpha value is -2.13. The number of H-pyrrole nitrogens is 1. The highest BCUT2D eigenvalue weighted by molar-refractivity contribution is 7.89. The van der Waals surface area contributed by atoms with Crippen LogP contribution in [0.2, 0.25) is 0 Å². The molecule has 0 unspecified atom stereocenters. The SMILES string of the molecule is CCOC(=O)[C@@H]1CCCCN1S(=O)(=O)c1ccc2[nH]c(=O)oc2c1. The molecule has 130 valence electrons. The molecule has 9 heteroatoms. The van der Waals surface area contributed by atoms with E-state index in [1.165, 1.54) is 22.5 Å². The summed E-state index contributed by atoms with van der Waals surface area (Å²) >= 11 is 0. The summed E-state index contributed by atoms with van der Waals surface area (Å²) in [7, 11) is -3.90. The van der Waals surface area contributed by atoms with Crippen LogP contribution in [0.15, 0.2) is 32.3 Å². The average Bonchev–Trinajstić information content (AvgIpc) is 2.94. The number of oxazole rings is 1. The summed E-state index contributed by atoms with van der Waals surface area (Å²) in [6.45, 7) is 2.13. The normalized spacial score (nSPS) is 19.5. The molecule has 0 bridgehead atoms. The molecule has 0 aliphatic carbocycles. The lowest BCUT2D eigenvalue weighted by Gasteiger charge is -2.32. The van der Waals surface area contributed by atoms with Crippen LogP contribution in [0, 0.1) is 0 Å². The van der Waals surface area contributed by atoms with Gasteiger partial charge in [0.2, 0.25) is 10.0 Å². The van der Waals surface area contributed by atoms with Crippen LogP contribution in [0.1, 0.15) is 26.2 Å². The Bertz CT molecular complexity index is 913. The number of sulfonamides is 1. The fourth-order valence-corrected chi connectivity index (χ4v) is 4.55. The minimum atomic E-state index is -3.90. The number of piperidine rings is 1. The van der Waals surface area contributed by atoms with Gasteiger partial charge in [-0.2, -0.15) is 4.31 Å². The summed E-state index contributed by atoms with van der Waals surface area (Å²) in [6.07, 6.45) is 1.87. The Morgan fingerprint density at radius 1 is 1.42 bits per heavy atom. The number of aromatic amines is 1. The van der Waals surface area contributed by atoms with Gasteiger partial charge in [0.15, 0.2) is 5.58 Å². The summed E-state index contributed by atoms with van der Waals surface area (Å²) in [5.74, 6) is -1.18. The van der Waals surface area contributed by atoms with Gasteiger partial charge < -0.3 is 9.15 Å². The zero-order chi connectivity index (χ0) is 17.3. The van der Waals surface area contributed by atoms with Gasteiger partial charge in [-0.25, -0.2) is 13.2 Å². The number of hydrogen-bond donors (Lipinski definition) is 1. The minimum absolute atomic E-state index is 0.0195. The number of fused-ring (bicyclic) bond motifs is 1.